The first kappa shape index (κ1) is 23.4. The molecular weight excluding hydrogens is 320 g/mol. The van der Waals surface area contributed by atoms with Crippen molar-refractivity contribution in [3.05, 3.63) is 12.2 Å². The zero-order valence-corrected chi connectivity index (χ0v) is 17.7. The van der Waals surface area contributed by atoms with Gasteiger partial charge in [0.1, 0.15) is 13.1 Å². The Balaban J connectivity index is 1.97. The number of aliphatic hydroxyl groups is 1. The molecule has 2 unspecified atom stereocenters. The maximum Gasteiger partial charge on any atom is 0.182 e. The maximum atomic E-state index is 9.35. The number of nitrogens with zero attached hydrogens (tertiary/aromatic N) is 2. The number of aliphatic imine (C=N–C) groups is 1. The molecule has 0 fully saturated rings. The van der Waals surface area contributed by atoms with Gasteiger partial charge in [0, 0.05) is 6.42 Å². The van der Waals surface area contributed by atoms with Gasteiger partial charge in [0.25, 0.3) is 0 Å². The van der Waals surface area contributed by atoms with Crippen LogP contribution in [0, 0.1) is 0 Å². The summed E-state index contributed by atoms with van der Waals surface area (Å²) in [5.41, 5.74) is 0. The van der Waals surface area contributed by atoms with E-state index in [4.69, 9.17) is 4.99 Å². The van der Waals surface area contributed by atoms with Crippen molar-refractivity contribution >= 4 is 6.21 Å². The fraction of sp³-hybridized carbons (Fsp3) is 0.870. The Morgan fingerprint density at radius 2 is 1.54 bits per heavy atom. The van der Waals surface area contributed by atoms with E-state index in [9.17, 15) is 5.11 Å². The van der Waals surface area contributed by atoms with Crippen LogP contribution in [0.3, 0.4) is 0 Å². The van der Waals surface area contributed by atoms with Crippen LogP contribution in [-0.2, 0) is 0 Å². The second-order valence-corrected chi connectivity index (χ2v) is 8.00. The third kappa shape index (κ3) is 9.32. The van der Waals surface area contributed by atoms with Crippen molar-refractivity contribution in [1.82, 2.24) is 0 Å². The number of allylic oxidation sites excluding steroid dienone is 2. The van der Waals surface area contributed by atoms with Gasteiger partial charge in [-0.1, -0.05) is 64.0 Å². The van der Waals surface area contributed by atoms with Crippen LogP contribution in [0.2, 0.25) is 0 Å². The van der Waals surface area contributed by atoms with Crippen molar-refractivity contribution in [3.63, 3.8) is 0 Å². The molecule has 0 aromatic carbocycles. The Morgan fingerprint density at radius 1 is 0.923 bits per heavy atom. The molecule has 0 amide bonds. The highest BCUT2D eigenvalue weighted by Gasteiger charge is 2.36. The fourth-order valence-electron chi connectivity index (χ4n) is 4.10. The van der Waals surface area contributed by atoms with E-state index in [-0.39, 0.29) is 6.61 Å². The minimum atomic E-state index is 0.273. The summed E-state index contributed by atoms with van der Waals surface area (Å²) in [4.78, 5) is 4.70. The zero-order valence-electron chi connectivity index (χ0n) is 17.7. The summed E-state index contributed by atoms with van der Waals surface area (Å²) in [5.74, 6) is 0. The van der Waals surface area contributed by atoms with Crippen LogP contribution in [0.5, 0.6) is 0 Å². The molecule has 0 aliphatic carbocycles. The highest BCUT2D eigenvalue weighted by molar-refractivity contribution is 5.60. The largest absolute Gasteiger partial charge is 0.391 e. The quantitative estimate of drug-likeness (QED) is 0.195. The van der Waals surface area contributed by atoms with Gasteiger partial charge in [-0.15, -0.1) is 0 Å². The molecule has 0 bridgehead atoms. The van der Waals surface area contributed by atoms with Crippen molar-refractivity contribution in [2.75, 3.05) is 26.2 Å². The Hall–Kier alpha value is -0.670. The Bertz CT molecular complexity index is 380. The molecule has 26 heavy (non-hydrogen) atoms. The molecule has 1 aliphatic rings. The van der Waals surface area contributed by atoms with E-state index in [1.54, 1.807) is 0 Å². The molecule has 1 N–H and O–H groups in total. The molecule has 3 nitrogen and oxygen atoms in total. The molecule has 0 spiro atoms. The van der Waals surface area contributed by atoms with Gasteiger partial charge in [-0.3, -0.25) is 4.48 Å². The van der Waals surface area contributed by atoms with E-state index in [2.05, 4.69) is 32.2 Å². The topological polar surface area (TPSA) is 32.6 Å². The number of hydrogen-bond donors (Lipinski definition) is 1. The van der Waals surface area contributed by atoms with Crippen molar-refractivity contribution in [2.45, 2.75) is 103 Å². The van der Waals surface area contributed by atoms with Crippen molar-refractivity contribution in [3.8, 4) is 0 Å². The third-order valence-electron chi connectivity index (χ3n) is 6.00. The lowest BCUT2D eigenvalue weighted by Crippen LogP contribution is -2.53. The summed E-state index contributed by atoms with van der Waals surface area (Å²) < 4.78 is 0.963. The smallest absolute Gasteiger partial charge is 0.182 e. The van der Waals surface area contributed by atoms with Gasteiger partial charge in [-0.2, -0.15) is 0 Å². The number of aliphatic hydroxyl groups excluding tert-OH is 1. The standard InChI is InChI=1S/C23H45N2O/c1-3-5-6-7-8-9-10-11-12-13-14-15-16-17-18-23-24-19-20-25(23,4-2)21-22-26/h13-14,19,23,26H,3-12,15-18,20-22H2,1-2H3/q+1/b14-13+. The molecule has 152 valence electrons. The first-order valence-electron chi connectivity index (χ1n) is 11.4. The first-order chi connectivity index (χ1) is 12.8. The highest BCUT2D eigenvalue weighted by atomic mass is 16.3. The average molecular weight is 366 g/mol. The molecule has 3 heteroatoms. The Morgan fingerprint density at radius 3 is 2.15 bits per heavy atom. The summed E-state index contributed by atoms with van der Waals surface area (Å²) in [6.07, 6.45) is 24.6. The summed E-state index contributed by atoms with van der Waals surface area (Å²) in [6.45, 7) is 7.70. The monoisotopic (exact) mass is 365 g/mol. The van der Waals surface area contributed by atoms with E-state index in [0.29, 0.717) is 6.17 Å². The lowest BCUT2D eigenvalue weighted by atomic mass is 10.1. The van der Waals surface area contributed by atoms with Crippen molar-refractivity contribution in [2.24, 2.45) is 4.99 Å². The molecule has 0 saturated heterocycles. The van der Waals surface area contributed by atoms with Gasteiger partial charge >= 0.3 is 0 Å². The van der Waals surface area contributed by atoms with Crippen LogP contribution >= 0.6 is 0 Å². The molecule has 0 radical (unpaired) electrons. The normalized spacial score (nSPS) is 22.7. The summed E-state index contributed by atoms with van der Waals surface area (Å²) in [7, 11) is 0. The lowest BCUT2D eigenvalue weighted by Gasteiger charge is -2.37. The predicted octanol–water partition coefficient (Wildman–Crippen LogP) is 5.87. The molecule has 0 saturated carbocycles. The molecule has 1 heterocycles. The van der Waals surface area contributed by atoms with E-state index >= 15 is 0 Å². The molecule has 2 atom stereocenters. The Labute approximate surface area is 163 Å². The van der Waals surface area contributed by atoms with Crippen LogP contribution in [0.15, 0.2) is 17.1 Å². The molecule has 1 aliphatic heterocycles. The lowest BCUT2D eigenvalue weighted by molar-refractivity contribution is -0.936. The number of unbranched alkanes of at least 4 members (excludes halogenated alkanes) is 10. The van der Waals surface area contributed by atoms with Crippen LogP contribution in [0.1, 0.15) is 97.3 Å². The molecule has 0 aromatic heterocycles. The number of likely N-dealkylation sites (N-methyl/N-ethyl adjacent to an activating group) is 1. The minimum Gasteiger partial charge on any atom is -0.391 e. The summed E-state index contributed by atoms with van der Waals surface area (Å²) in [6, 6.07) is 0. The number of rotatable bonds is 17. The van der Waals surface area contributed by atoms with E-state index < -0.39 is 0 Å². The maximum absolute atomic E-state index is 9.35. The number of hydrogen-bond acceptors (Lipinski definition) is 2. The second-order valence-electron chi connectivity index (χ2n) is 8.00. The van der Waals surface area contributed by atoms with Crippen molar-refractivity contribution < 1.29 is 9.59 Å². The minimum absolute atomic E-state index is 0.273. The molecule has 0 aromatic rings. The van der Waals surface area contributed by atoms with Crippen LogP contribution in [0.4, 0.5) is 0 Å². The van der Waals surface area contributed by atoms with Gasteiger partial charge in [-0.05, 0) is 39.0 Å². The first-order valence-corrected chi connectivity index (χ1v) is 11.4. The predicted molar refractivity (Wildman–Crippen MR) is 115 cm³/mol. The summed E-state index contributed by atoms with van der Waals surface area (Å²) >= 11 is 0. The SMILES string of the molecule is CCCCCCCCCC/C=C/CCCCC1N=CC[N+]1(CC)CCO. The van der Waals surface area contributed by atoms with E-state index in [1.807, 2.05) is 0 Å². The van der Waals surface area contributed by atoms with Crippen molar-refractivity contribution in [1.29, 1.82) is 0 Å². The third-order valence-corrected chi connectivity index (χ3v) is 6.00. The van der Waals surface area contributed by atoms with Crippen LogP contribution < -0.4 is 0 Å². The summed E-state index contributed by atoms with van der Waals surface area (Å²) in [5, 5.41) is 9.35. The van der Waals surface area contributed by atoms with E-state index in [1.165, 1.54) is 77.0 Å². The van der Waals surface area contributed by atoms with Gasteiger partial charge in [0.05, 0.1) is 19.4 Å². The fourth-order valence-corrected chi connectivity index (χ4v) is 4.10. The van der Waals surface area contributed by atoms with Gasteiger partial charge in [0.2, 0.25) is 0 Å². The van der Waals surface area contributed by atoms with Crippen LogP contribution in [-0.4, -0.2) is 48.2 Å². The van der Waals surface area contributed by atoms with Gasteiger partial charge < -0.3 is 5.11 Å². The second kappa shape index (κ2) is 15.4. The molecule has 1 rings (SSSR count). The molecular formula is C23H45N2O+. The van der Waals surface area contributed by atoms with E-state index in [0.717, 1.165) is 30.5 Å². The zero-order chi connectivity index (χ0) is 18.9. The van der Waals surface area contributed by atoms with Gasteiger partial charge in [-0.25, -0.2) is 4.99 Å². The Kier molecular flexibility index (Phi) is 13.8. The number of quaternary nitrogens is 1. The highest BCUT2D eigenvalue weighted by Crippen LogP contribution is 2.23. The van der Waals surface area contributed by atoms with Gasteiger partial charge in [0.15, 0.2) is 6.17 Å². The van der Waals surface area contributed by atoms with Crippen LogP contribution in [0.25, 0.3) is 0 Å². The average Bonchev–Trinajstić information content (AvgIpc) is 3.05.